The van der Waals surface area contributed by atoms with Crippen molar-refractivity contribution in [2.24, 2.45) is 5.41 Å². The van der Waals surface area contributed by atoms with Gasteiger partial charge in [0.15, 0.2) is 0 Å². The van der Waals surface area contributed by atoms with Crippen LogP contribution in [0, 0.1) is 11.2 Å². The summed E-state index contributed by atoms with van der Waals surface area (Å²) in [5, 5.41) is 0.549. The number of nitrogens with one attached hydrogen (secondary N) is 1. The minimum Gasteiger partial charge on any atom is -0.347 e. The number of pyridine rings is 1. The molecule has 0 aliphatic heterocycles. The predicted octanol–water partition coefficient (Wildman–Crippen LogP) is 5.48. The Bertz CT molecular complexity index is 1230. The number of hydrogen-bond acceptors (Lipinski definition) is 3. The van der Waals surface area contributed by atoms with Crippen LogP contribution in [-0.4, -0.2) is 23.5 Å². The van der Waals surface area contributed by atoms with E-state index >= 15 is 0 Å². The van der Waals surface area contributed by atoms with E-state index in [9.17, 15) is 26.0 Å². The third-order valence-electron chi connectivity index (χ3n) is 4.52. The van der Waals surface area contributed by atoms with Gasteiger partial charge in [0.25, 0.3) is 0 Å². The molecule has 31 heavy (non-hydrogen) atoms. The minimum atomic E-state index is -5.53. The van der Waals surface area contributed by atoms with Crippen molar-refractivity contribution in [3.05, 3.63) is 53.2 Å². The van der Waals surface area contributed by atoms with Crippen molar-refractivity contribution in [1.82, 2.24) is 14.3 Å². The Morgan fingerprint density at radius 3 is 2.42 bits per heavy atom. The zero-order valence-corrected chi connectivity index (χ0v) is 18.5. The number of nitrogens with zero attached hydrogens (tertiary/aromatic N) is 2. The van der Waals surface area contributed by atoms with Crippen LogP contribution in [0.3, 0.4) is 0 Å². The average Bonchev–Trinajstić information content (AvgIpc) is 2.94. The molecule has 0 aliphatic rings. The van der Waals surface area contributed by atoms with Gasteiger partial charge in [-0.25, -0.2) is 17.5 Å². The molecule has 0 bridgehead atoms. The molecule has 5 nitrogen and oxygen atoms in total. The van der Waals surface area contributed by atoms with Crippen LogP contribution in [0.15, 0.2) is 36.8 Å². The summed E-state index contributed by atoms with van der Waals surface area (Å²) in [6.45, 7) is 5.73. The fraction of sp³-hybridized carbons (Fsp3) is 0.350. The fourth-order valence-electron chi connectivity index (χ4n) is 3.22. The maximum atomic E-state index is 15.0. The summed E-state index contributed by atoms with van der Waals surface area (Å²) in [6.07, 6.45) is 4.38. The lowest BCUT2D eigenvalue weighted by Crippen LogP contribution is -2.35. The van der Waals surface area contributed by atoms with Crippen molar-refractivity contribution < 1.29 is 26.0 Å². The van der Waals surface area contributed by atoms with E-state index in [0.717, 1.165) is 0 Å². The lowest BCUT2D eigenvalue weighted by Gasteiger charge is -2.20. The molecule has 0 spiro atoms. The lowest BCUT2D eigenvalue weighted by molar-refractivity contribution is -0.0448. The van der Waals surface area contributed by atoms with Crippen molar-refractivity contribution in [3.8, 4) is 11.1 Å². The summed E-state index contributed by atoms with van der Waals surface area (Å²) in [5.41, 5.74) is -4.27. The summed E-state index contributed by atoms with van der Waals surface area (Å²) in [7, 11) is -5.53. The van der Waals surface area contributed by atoms with Gasteiger partial charge in [-0.2, -0.15) is 13.2 Å². The molecule has 3 rings (SSSR count). The van der Waals surface area contributed by atoms with Crippen molar-refractivity contribution in [3.63, 3.8) is 0 Å². The number of sulfonamides is 1. The van der Waals surface area contributed by atoms with Crippen LogP contribution < -0.4 is 4.72 Å². The van der Waals surface area contributed by atoms with Gasteiger partial charge < -0.3 is 4.57 Å². The highest BCUT2D eigenvalue weighted by molar-refractivity contribution is 7.90. The Morgan fingerprint density at radius 1 is 1.16 bits per heavy atom. The van der Waals surface area contributed by atoms with Gasteiger partial charge in [0.2, 0.25) is 0 Å². The summed E-state index contributed by atoms with van der Waals surface area (Å²) in [6, 6.07) is 4.29. The molecule has 2 heterocycles. The summed E-state index contributed by atoms with van der Waals surface area (Å²) in [4.78, 5) is 3.88. The molecule has 0 saturated carbocycles. The van der Waals surface area contributed by atoms with Crippen LogP contribution in [-0.2, 0) is 23.1 Å². The average molecular weight is 478 g/mol. The van der Waals surface area contributed by atoms with E-state index in [-0.39, 0.29) is 21.6 Å². The van der Waals surface area contributed by atoms with Crippen LogP contribution in [0.25, 0.3) is 22.0 Å². The normalized spacial score (nSPS) is 13.2. The second-order valence-electron chi connectivity index (χ2n) is 8.32. The Labute approximate surface area is 182 Å². The second-order valence-corrected chi connectivity index (χ2v) is 10.5. The molecule has 0 saturated heterocycles. The molecule has 2 aromatic heterocycles. The van der Waals surface area contributed by atoms with E-state index in [0.29, 0.717) is 23.0 Å². The molecule has 1 N–H and O–H groups in total. The van der Waals surface area contributed by atoms with E-state index in [1.807, 2.05) is 20.8 Å². The first-order chi connectivity index (χ1) is 14.2. The molecular formula is C20H20ClF4N3O2S. The van der Waals surface area contributed by atoms with Gasteiger partial charge in [0.05, 0.1) is 5.02 Å². The smallest absolute Gasteiger partial charge is 0.347 e. The van der Waals surface area contributed by atoms with Gasteiger partial charge in [0, 0.05) is 53.7 Å². The van der Waals surface area contributed by atoms with E-state index in [1.54, 1.807) is 21.4 Å². The van der Waals surface area contributed by atoms with E-state index in [4.69, 9.17) is 11.6 Å². The summed E-state index contributed by atoms with van der Waals surface area (Å²) in [5.74, 6) is -0.644. The number of fused-ring (bicyclic) bond motifs is 1. The number of alkyl halides is 3. The fourth-order valence-corrected chi connectivity index (χ4v) is 3.95. The van der Waals surface area contributed by atoms with E-state index in [2.05, 4.69) is 4.98 Å². The molecule has 0 fully saturated rings. The molecular weight excluding hydrogens is 458 g/mol. The first-order valence-corrected chi connectivity index (χ1v) is 11.0. The standard InChI is InChI=1S/C20H20ClF4N3O2S/c1-19(2,3)11-28-10-12(8-27-31(29,30)20(23,24)25)14-6-17(22)15(7-18(14)28)13-4-5-26-9-16(13)21/h4-7,9-10,27H,8,11H2,1-3H3. The first kappa shape index (κ1) is 23.5. The molecule has 1 aromatic carbocycles. The van der Waals surface area contributed by atoms with Gasteiger partial charge in [-0.15, -0.1) is 0 Å². The summed E-state index contributed by atoms with van der Waals surface area (Å²) < 4.78 is 79.1. The molecule has 0 radical (unpaired) electrons. The van der Waals surface area contributed by atoms with Gasteiger partial charge in [-0.3, -0.25) is 4.98 Å². The van der Waals surface area contributed by atoms with Crippen LogP contribution >= 0.6 is 11.6 Å². The number of halogens is 5. The number of rotatable bonds is 5. The quantitative estimate of drug-likeness (QED) is 0.495. The highest BCUT2D eigenvalue weighted by Gasteiger charge is 2.45. The Balaban J connectivity index is 2.14. The maximum absolute atomic E-state index is 15.0. The Kier molecular flexibility index (Phi) is 6.11. The molecule has 11 heteroatoms. The van der Waals surface area contributed by atoms with Crippen LogP contribution in [0.2, 0.25) is 5.02 Å². The van der Waals surface area contributed by atoms with Crippen LogP contribution in [0.1, 0.15) is 26.3 Å². The predicted molar refractivity (Wildman–Crippen MR) is 111 cm³/mol. The number of hydrogen-bond donors (Lipinski definition) is 1. The van der Waals surface area contributed by atoms with Crippen molar-refractivity contribution in [1.29, 1.82) is 0 Å². The van der Waals surface area contributed by atoms with E-state index < -0.39 is 27.9 Å². The van der Waals surface area contributed by atoms with Gasteiger partial charge in [-0.1, -0.05) is 32.4 Å². The topological polar surface area (TPSA) is 64.0 Å². The van der Waals surface area contributed by atoms with Crippen molar-refractivity contribution >= 4 is 32.5 Å². The molecule has 3 aromatic rings. The maximum Gasteiger partial charge on any atom is 0.511 e. The van der Waals surface area contributed by atoms with Gasteiger partial charge in [0.1, 0.15) is 5.82 Å². The monoisotopic (exact) mass is 477 g/mol. The third kappa shape index (κ3) is 5.02. The SMILES string of the molecule is CC(C)(C)Cn1cc(CNS(=O)(=O)C(F)(F)F)c2cc(F)c(-c3ccncc3Cl)cc21. The molecule has 168 valence electrons. The highest BCUT2D eigenvalue weighted by atomic mass is 35.5. The van der Waals surface area contributed by atoms with Gasteiger partial charge in [-0.05, 0) is 29.2 Å². The molecule has 0 atom stereocenters. The van der Waals surface area contributed by atoms with Crippen molar-refractivity contribution in [2.75, 3.05) is 0 Å². The minimum absolute atomic E-state index is 0.204. The zero-order valence-electron chi connectivity index (χ0n) is 16.9. The van der Waals surface area contributed by atoms with Gasteiger partial charge >= 0.3 is 15.5 Å². The molecule has 0 unspecified atom stereocenters. The Morgan fingerprint density at radius 2 is 1.84 bits per heavy atom. The highest BCUT2D eigenvalue weighted by Crippen LogP contribution is 2.35. The molecule has 0 amide bonds. The summed E-state index contributed by atoms with van der Waals surface area (Å²) >= 11 is 6.16. The third-order valence-corrected chi connectivity index (χ3v) is 5.95. The largest absolute Gasteiger partial charge is 0.511 e. The van der Waals surface area contributed by atoms with Crippen LogP contribution in [0.5, 0.6) is 0 Å². The number of aromatic nitrogens is 2. The van der Waals surface area contributed by atoms with E-state index in [1.165, 1.54) is 24.7 Å². The Hall–Kier alpha value is -2.17. The lowest BCUT2D eigenvalue weighted by atomic mass is 9.96. The van der Waals surface area contributed by atoms with Crippen LogP contribution in [0.4, 0.5) is 17.6 Å². The first-order valence-electron chi connectivity index (χ1n) is 9.17. The molecule has 0 aliphatic carbocycles. The number of benzene rings is 1. The second kappa shape index (κ2) is 8.07. The van der Waals surface area contributed by atoms with Crippen molar-refractivity contribution in [2.45, 2.75) is 39.4 Å². The zero-order chi connectivity index (χ0) is 23.2.